The van der Waals surface area contributed by atoms with Gasteiger partial charge in [-0.2, -0.15) is 0 Å². The molecular weight excluding hydrogens is 314 g/mol. The van der Waals surface area contributed by atoms with E-state index >= 15 is 0 Å². The minimum atomic E-state index is -0.303. The van der Waals surface area contributed by atoms with Crippen LogP contribution in [0.1, 0.15) is 35.7 Å². The van der Waals surface area contributed by atoms with Crippen molar-refractivity contribution < 1.29 is 14.6 Å². The number of carbonyl (C=O) groups is 1. The highest BCUT2D eigenvalue weighted by Gasteiger charge is 2.16. The van der Waals surface area contributed by atoms with Crippen molar-refractivity contribution >= 4 is 16.7 Å². The average Bonchev–Trinajstić information content (AvgIpc) is 3.00. The predicted molar refractivity (Wildman–Crippen MR) is 99.3 cm³/mol. The van der Waals surface area contributed by atoms with Crippen LogP contribution in [-0.4, -0.2) is 28.7 Å². The first-order chi connectivity index (χ1) is 12.1. The number of ketones is 1. The molecule has 3 aromatic rings. The lowest BCUT2D eigenvalue weighted by Crippen LogP contribution is -2.04. The number of rotatable bonds is 7. The smallest absolute Gasteiger partial charge is 0.195 e. The molecule has 1 heterocycles. The van der Waals surface area contributed by atoms with Gasteiger partial charge in [0.05, 0.1) is 13.2 Å². The SMILES string of the molecule is COc1ccc(C(=O)c2cn(CCC[C@H](C)O)c3ccccc23)cc1. The molecule has 0 bridgehead atoms. The number of carbonyl (C=O) groups excluding carboxylic acids is 1. The minimum absolute atomic E-state index is 0.00753. The van der Waals surface area contributed by atoms with Gasteiger partial charge < -0.3 is 14.4 Å². The van der Waals surface area contributed by atoms with Crippen molar-refractivity contribution in [1.82, 2.24) is 4.57 Å². The van der Waals surface area contributed by atoms with Gasteiger partial charge in [0.25, 0.3) is 0 Å². The summed E-state index contributed by atoms with van der Waals surface area (Å²) in [4.78, 5) is 13.0. The number of methoxy groups -OCH3 is 1. The van der Waals surface area contributed by atoms with Gasteiger partial charge in [-0.05, 0) is 50.1 Å². The van der Waals surface area contributed by atoms with E-state index in [1.165, 1.54) is 0 Å². The molecule has 25 heavy (non-hydrogen) atoms. The van der Waals surface area contributed by atoms with Crippen molar-refractivity contribution in [1.29, 1.82) is 0 Å². The Bertz CT molecular complexity index is 862. The third-order valence-corrected chi connectivity index (χ3v) is 4.41. The molecule has 4 nitrogen and oxygen atoms in total. The first-order valence-electron chi connectivity index (χ1n) is 8.55. The zero-order chi connectivity index (χ0) is 17.8. The summed E-state index contributed by atoms with van der Waals surface area (Å²) < 4.78 is 7.26. The molecule has 3 rings (SSSR count). The zero-order valence-corrected chi connectivity index (χ0v) is 14.6. The Morgan fingerprint density at radius 2 is 1.88 bits per heavy atom. The van der Waals surface area contributed by atoms with E-state index in [0.717, 1.165) is 36.0 Å². The van der Waals surface area contributed by atoms with E-state index < -0.39 is 0 Å². The highest BCUT2D eigenvalue weighted by atomic mass is 16.5. The lowest BCUT2D eigenvalue weighted by Gasteiger charge is -2.06. The third kappa shape index (κ3) is 3.74. The molecule has 0 spiro atoms. The highest BCUT2D eigenvalue weighted by molar-refractivity contribution is 6.16. The van der Waals surface area contributed by atoms with E-state index in [-0.39, 0.29) is 11.9 Å². The van der Waals surface area contributed by atoms with Crippen molar-refractivity contribution in [2.45, 2.75) is 32.4 Å². The molecule has 1 N–H and O–H groups in total. The van der Waals surface area contributed by atoms with Gasteiger partial charge in [0, 0.05) is 34.8 Å². The van der Waals surface area contributed by atoms with Crippen LogP contribution in [0, 0.1) is 0 Å². The molecule has 0 saturated carbocycles. The first kappa shape index (κ1) is 17.2. The summed E-state index contributed by atoms with van der Waals surface area (Å²) >= 11 is 0. The standard InChI is InChI=1S/C21H23NO3/c1-15(23)6-5-13-22-14-19(18-7-3-4-8-20(18)22)21(24)16-9-11-17(25-2)12-10-16/h3-4,7-12,14-15,23H,5-6,13H2,1-2H3/t15-/m0/s1. The van der Waals surface area contributed by atoms with Crippen LogP contribution in [0.2, 0.25) is 0 Å². The van der Waals surface area contributed by atoms with E-state index in [2.05, 4.69) is 4.57 Å². The molecule has 0 saturated heterocycles. The predicted octanol–water partition coefficient (Wildman–Crippen LogP) is 4.04. The number of benzene rings is 2. The molecule has 0 radical (unpaired) electrons. The molecule has 0 amide bonds. The van der Waals surface area contributed by atoms with Crippen LogP contribution >= 0.6 is 0 Å². The summed E-state index contributed by atoms with van der Waals surface area (Å²) in [5.74, 6) is 0.741. The minimum Gasteiger partial charge on any atom is -0.497 e. The Balaban J connectivity index is 1.93. The van der Waals surface area contributed by atoms with E-state index in [0.29, 0.717) is 11.1 Å². The maximum Gasteiger partial charge on any atom is 0.195 e. The Kier molecular flexibility index (Phi) is 5.19. The molecule has 1 aromatic heterocycles. The Labute approximate surface area is 147 Å². The largest absolute Gasteiger partial charge is 0.497 e. The van der Waals surface area contributed by atoms with Crippen molar-refractivity contribution in [2.24, 2.45) is 0 Å². The van der Waals surface area contributed by atoms with Crippen LogP contribution in [0.25, 0.3) is 10.9 Å². The molecule has 0 aliphatic carbocycles. The molecule has 4 heteroatoms. The number of ether oxygens (including phenoxy) is 1. The molecule has 2 aromatic carbocycles. The van der Waals surface area contributed by atoms with Crippen LogP contribution < -0.4 is 4.74 Å². The van der Waals surface area contributed by atoms with Gasteiger partial charge in [-0.1, -0.05) is 18.2 Å². The van der Waals surface area contributed by atoms with Crippen molar-refractivity contribution in [3.8, 4) is 5.75 Å². The second-order valence-electron chi connectivity index (χ2n) is 6.30. The number of fused-ring (bicyclic) bond motifs is 1. The highest BCUT2D eigenvalue weighted by Crippen LogP contribution is 2.25. The normalized spacial score (nSPS) is 12.3. The molecule has 0 aliphatic rings. The Morgan fingerprint density at radius 1 is 1.16 bits per heavy atom. The van der Waals surface area contributed by atoms with E-state index in [9.17, 15) is 9.90 Å². The van der Waals surface area contributed by atoms with Crippen LogP contribution in [0.5, 0.6) is 5.75 Å². The molecule has 0 aliphatic heterocycles. The summed E-state index contributed by atoms with van der Waals surface area (Å²) in [6.07, 6.45) is 3.24. The second kappa shape index (κ2) is 7.53. The number of aryl methyl sites for hydroxylation is 1. The fraction of sp³-hybridized carbons (Fsp3) is 0.286. The number of para-hydroxylation sites is 1. The molecule has 0 unspecified atom stereocenters. The summed E-state index contributed by atoms with van der Waals surface area (Å²) in [6, 6.07) is 15.1. The second-order valence-corrected chi connectivity index (χ2v) is 6.30. The van der Waals surface area contributed by atoms with Crippen molar-refractivity contribution in [3.63, 3.8) is 0 Å². The van der Waals surface area contributed by atoms with Crippen LogP contribution in [-0.2, 0) is 6.54 Å². The lowest BCUT2D eigenvalue weighted by atomic mass is 10.0. The summed E-state index contributed by atoms with van der Waals surface area (Å²) in [7, 11) is 1.61. The van der Waals surface area contributed by atoms with Gasteiger partial charge in [-0.15, -0.1) is 0 Å². The first-order valence-corrected chi connectivity index (χ1v) is 8.55. The summed E-state index contributed by atoms with van der Waals surface area (Å²) in [5, 5.41) is 10.4. The number of aromatic nitrogens is 1. The molecule has 130 valence electrons. The van der Waals surface area contributed by atoms with Crippen LogP contribution in [0.3, 0.4) is 0 Å². The quantitative estimate of drug-likeness (QED) is 0.662. The summed E-state index contributed by atoms with van der Waals surface area (Å²) in [5.41, 5.74) is 2.40. The third-order valence-electron chi connectivity index (χ3n) is 4.41. The van der Waals surface area contributed by atoms with E-state index in [4.69, 9.17) is 4.74 Å². The van der Waals surface area contributed by atoms with Gasteiger partial charge >= 0.3 is 0 Å². The fourth-order valence-electron chi connectivity index (χ4n) is 3.07. The number of nitrogens with zero attached hydrogens (tertiary/aromatic N) is 1. The van der Waals surface area contributed by atoms with Gasteiger partial charge in [0.1, 0.15) is 5.75 Å². The number of hydrogen-bond donors (Lipinski definition) is 1. The topological polar surface area (TPSA) is 51.5 Å². The van der Waals surface area contributed by atoms with Crippen molar-refractivity contribution in [2.75, 3.05) is 7.11 Å². The average molecular weight is 337 g/mol. The van der Waals surface area contributed by atoms with Crippen LogP contribution in [0.4, 0.5) is 0 Å². The van der Waals surface area contributed by atoms with E-state index in [1.807, 2.05) is 30.5 Å². The maximum absolute atomic E-state index is 13.0. The Morgan fingerprint density at radius 3 is 2.56 bits per heavy atom. The lowest BCUT2D eigenvalue weighted by molar-refractivity contribution is 0.104. The molecule has 0 fully saturated rings. The van der Waals surface area contributed by atoms with Gasteiger partial charge in [0.15, 0.2) is 5.78 Å². The van der Waals surface area contributed by atoms with Gasteiger partial charge in [0.2, 0.25) is 0 Å². The van der Waals surface area contributed by atoms with Crippen molar-refractivity contribution in [3.05, 3.63) is 65.9 Å². The molecular formula is C21H23NO3. The zero-order valence-electron chi connectivity index (χ0n) is 14.6. The van der Waals surface area contributed by atoms with Crippen LogP contribution in [0.15, 0.2) is 54.7 Å². The molecule has 1 atom stereocenters. The number of aliphatic hydroxyl groups excluding tert-OH is 1. The fourth-order valence-corrected chi connectivity index (χ4v) is 3.07. The van der Waals surface area contributed by atoms with Gasteiger partial charge in [-0.3, -0.25) is 4.79 Å². The van der Waals surface area contributed by atoms with Gasteiger partial charge in [-0.25, -0.2) is 0 Å². The Hall–Kier alpha value is -2.59. The number of aliphatic hydroxyl groups is 1. The number of hydrogen-bond acceptors (Lipinski definition) is 3. The van der Waals surface area contributed by atoms with E-state index in [1.54, 1.807) is 38.3 Å². The summed E-state index contributed by atoms with van der Waals surface area (Å²) in [6.45, 7) is 2.58. The maximum atomic E-state index is 13.0. The monoisotopic (exact) mass is 337 g/mol.